The zero-order valence-corrected chi connectivity index (χ0v) is 13.9. The van der Waals surface area contributed by atoms with Crippen molar-refractivity contribution in [1.82, 2.24) is 4.90 Å². The highest BCUT2D eigenvalue weighted by Crippen LogP contribution is 2.25. The second-order valence-corrected chi connectivity index (χ2v) is 6.37. The third-order valence-corrected chi connectivity index (χ3v) is 4.76. The number of hydrogen-bond donors (Lipinski definition) is 1. The Hall–Kier alpha value is -2.27. The van der Waals surface area contributed by atoms with Crippen LogP contribution in [-0.2, 0) is 11.3 Å². The Bertz CT molecular complexity index is 760. The molecule has 0 aliphatic carbocycles. The van der Waals surface area contributed by atoms with Crippen molar-refractivity contribution in [3.8, 4) is 0 Å². The number of nitrogens with one attached hydrogen (secondary N) is 1. The summed E-state index contributed by atoms with van der Waals surface area (Å²) in [6.07, 6.45) is 1.99. The van der Waals surface area contributed by atoms with Gasteiger partial charge in [0.15, 0.2) is 0 Å². The maximum atomic E-state index is 12.5. The van der Waals surface area contributed by atoms with E-state index in [1.807, 2.05) is 54.8 Å². The van der Waals surface area contributed by atoms with Crippen molar-refractivity contribution < 1.29 is 9.59 Å². The largest absolute Gasteiger partial charge is 0.324 e. The third kappa shape index (κ3) is 3.10. The van der Waals surface area contributed by atoms with Crippen LogP contribution in [0.2, 0.25) is 0 Å². The number of amides is 2. The van der Waals surface area contributed by atoms with Crippen molar-refractivity contribution in [3.63, 3.8) is 0 Å². The van der Waals surface area contributed by atoms with Crippen LogP contribution in [0.25, 0.3) is 0 Å². The molecule has 0 aromatic heterocycles. The summed E-state index contributed by atoms with van der Waals surface area (Å²) in [5.41, 5.74) is 2.41. The first-order valence-electron chi connectivity index (χ1n) is 7.44. The van der Waals surface area contributed by atoms with E-state index in [4.69, 9.17) is 0 Å². The third-order valence-electron chi connectivity index (χ3n) is 4.03. The molecule has 5 heteroatoms. The highest BCUT2D eigenvalue weighted by Gasteiger charge is 2.33. The number of nitrogens with zero attached hydrogens (tertiary/aromatic N) is 1. The fourth-order valence-corrected chi connectivity index (χ4v) is 3.14. The lowest BCUT2D eigenvalue weighted by atomic mass is 10.1. The minimum absolute atomic E-state index is 0.0823. The van der Waals surface area contributed by atoms with Crippen LogP contribution < -0.4 is 5.32 Å². The summed E-state index contributed by atoms with van der Waals surface area (Å²) in [7, 11) is 0. The summed E-state index contributed by atoms with van der Waals surface area (Å²) in [6, 6.07) is 14.7. The maximum Gasteiger partial charge on any atom is 0.255 e. The van der Waals surface area contributed by atoms with Gasteiger partial charge in [0.1, 0.15) is 6.04 Å². The number of carbonyl (C=O) groups excluding carboxylic acids is 2. The lowest BCUT2D eigenvalue weighted by molar-refractivity contribution is -0.120. The number of rotatable bonds is 4. The molecule has 1 aliphatic rings. The molecule has 118 valence electrons. The molecule has 0 bridgehead atoms. The number of fused-ring (bicyclic) bond motifs is 1. The van der Waals surface area contributed by atoms with Crippen LogP contribution in [0.1, 0.15) is 22.8 Å². The Morgan fingerprint density at radius 3 is 2.74 bits per heavy atom. The SMILES string of the molecule is CSc1cccc(NC(=O)[C@H](C)N2Cc3ccccc3C2=O)c1. The number of thioether (sulfide) groups is 1. The van der Waals surface area contributed by atoms with E-state index in [-0.39, 0.29) is 11.8 Å². The van der Waals surface area contributed by atoms with Crippen LogP contribution in [0.3, 0.4) is 0 Å². The van der Waals surface area contributed by atoms with Crippen molar-refractivity contribution in [1.29, 1.82) is 0 Å². The van der Waals surface area contributed by atoms with Crippen LogP contribution in [-0.4, -0.2) is 29.0 Å². The second kappa shape index (κ2) is 6.46. The van der Waals surface area contributed by atoms with E-state index in [1.165, 1.54) is 0 Å². The van der Waals surface area contributed by atoms with Crippen LogP contribution in [0, 0.1) is 0 Å². The average molecular weight is 326 g/mol. The van der Waals surface area contributed by atoms with Gasteiger partial charge in [-0.2, -0.15) is 0 Å². The van der Waals surface area contributed by atoms with Crippen LogP contribution in [0.15, 0.2) is 53.4 Å². The van der Waals surface area contributed by atoms with Gasteiger partial charge in [0.2, 0.25) is 5.91 Å². The Morgan fingerprint density at radius 1 is 1.22 bits per heavy atom. The van der Waals surface area contributed by atoms with E-state index < -0.39 is 6.04 Å². The van der Waals surface area contributed by atoms with Gasteiger partial charge in [-0.15, -0.1) is 11.8 Å². The molecule has 1 atom stereocenters. The van der Waals surface area contributed by atoms with Crippen molar-refractivity contribution in [2.75, 3.05) is 11.6 Å². The smallest absolute Gasteiger partial charge is 0.255 e. The molecule has 0 fully saturated rings. The zero-order chi connectivity index (χ0) is 16.4. The molecule has 2 aromatic carbocycles. The lowest BCUT2D eigenvalue weighted by Gasteiger charge is -2.23. The molecule has 23 heavy (non-hydrogen) atoms. The Labute approximate surface area is 139 Å². The molecule has 0 saturated carbocycles. The Morgan fingerprint density at radius 2 is 2.00 bits per heavy atom. The molecular formula is C18H18N2O2S. The van der Waals surface area contributed by atoms with E-state index in [2.05, 4.69) is 5.32 Å². The minimum Gasteiger partial charge on any atom is -0.324 e. The standard InChI is InChI=1S/C18H18N2O2S/c1-12(17(21)19-14-7-5-8-15(10-14)23-2)20-11-13-6-3-4-9-16(13)18(20)22/h3-10,12H,11H2,1-2H3,(H,19,21)/t12-/m0/s1. The first-order chi connectivity index (χ1) is 11.1. The Kier molecular flexibility index (Phi) is 4.39. The predicted molar refractivity (Wildman–Crippen MR) is 92.6 cm³/mol. The summed E-state index contributed by atoms with van der Waals surface area (Å²) >= 11 is 1.62. The number of benzene rings is 2. The minimum atomic E-state index is -0.521. The predicted octanol–water partition coefficient (Wildman–Crippen LogP) is 3.39. The van der Waals surface area contributed by atoms with Gasteiger partial charge < -0.3 is 10.2 Å². The van der Waals surface area contributed by atoms with Crippen molar-refractivity contribution in [2.45, 2.75) is 24.4 Å². The number of carbonyl (C=O) groups is 2. The fraction of sp³-hybridized carbons (Fsp3) is 0.222. The van der Waals surface area contributed by atoms with Crippen molar-refractivity contribution in [2.24, 2.45) is 0 Å². The average Bonchev–Trinajstić information content (AvgIpc) is 2.91. The first kappa shape index (κ1) is 15.6. The molecule has 0 unspecified atom stereocenters. The van der Waals surface area contributed by atoms with E-state index in [9.17, 15) is 9.59 Å². The van der Waals surface area contributed by atoms with Crippen molar-refractivity contribution >= 4 is 29.3 Å². The van der Waals surface area contributed by atoms with E-state index in [1.54, 1.807) is 23.6 Å². The normalized spacial score (nSPS) is 14.5. The maximum absolute atomic E-state index is 12.5. The van der Waals surface area contributed by atoms with E-state index in [0.29, 0.717) is 12.1 Å². The summed E-state index contributed by atoms with van der Waals surface area (Å²) in [5.74, 6) is -0.259. The molecule has 2 aromatic rings. The summed E-state index contributed by atoms with van der Waals surface area (Å²) < 4.78 is 0. The fourth-order valence-electron chi connectivity index (χ4n) is 2.68. The molecule has 1 N–H and O–H groups in total. The molecule has 4 nitrogen and oxygen atoms in total. The molecule has 3 rings (SSSR count). The molecule has 0 saturated heterocycles. The van der Waals surface area contributed by atoms with Gasteiger partial charge >= 0.3 is 0 Å². The molecule has 0 radical (unpaired) electrons. The Balaban J connectivity index is 1.72. The lowest BCUT2D eigenvalue weighted by Crippen LogP contribution is -2.42. The zero-order valence-electron chi connectivity index (χ0n) is 13.1. The molecule has 1 aliphatic heterocycles. The number of anilines is 1. The molecule has 0 spiro atoms. The summed E-state index contributed by atoms with van der Waals surface area (Å²) in [4.78, 5) is 27.6. The topological polar surface area (TPSA) is 49.4 Å². The van der Waals surface area contributed by atoms with Gasteiger partial charge in [-0.05, 0) is 43.0 Å². The number of hydrogen-bond acceptors (Lipinski definition) is 3. The summed E-state index contributed by atoms with van der Waals surface area (Å²) in [5, 5.41) is 2.89. The van der Waals surface area contributed by atoms with Gasteiger partial charge in [0, 0.05) is 22.7 Å². The van der Waals surface area contributed by atoms with E-state index >= 15 is 0 Å². The second-order valence-electron chi connectivity index (χ2n) is 5.49. The van der Waals surface area contributed by atoms with Crippen LogP contribution in [0.5, 0.6) is 0 Å². The molecule has 1 heterocycles. The van der Waals surface area contributed by atoms with Gasteiger partial charge in [-0.25, -0.2) is 0 Å². The van der Waals surface area contributed by atoms with E-state index in [0.717, 1.165) is 16.1 Å². The van der Waals surface area contributed by atoms with Gasteiger partial charge in [0.05, 0.1) is 0 Å². The monoisotopic (exact) mass is 326 g/mol. The van der Waals surface area contributed by atoms with Crippen LogP contribution in [0.4, 0.5) is 5.69 Å². The first-order valence-corrected chi connectivity index (χ1v) is 8.66. The highest BCUT2D eigenvalue weighted by molar-refractivity contribution is 7.98. The highest BCUT2D eigenvalue weighted by atomic mass is 32.2. The van der Waals surface area contributed by atoms with Crippen LogP contribution >= 0.6 is 11.8 Å². The van der Waals surface area contributed by atoms with Crippen molar-refractivity contribution in [3.05, 3.63) is 59.7 Å². The molecular weight excluding hydrogens is 308 g/mol. The van der Waals surface area contributed by atoms with Gasteiger partial charge in [0.25, 0.3) is 5.91 Å². The quantitative estimate of drug-likeness (QED) is 0.876. The summed E-state index contributed by atoms with van der Waals surface area (Å²) in [6.45, 7) is 2.24. The van der Waals surface area contributed by atoms with Gasteiger partial charge in [-0.3, -0.25) is 9.59 Å². The molecule has 2 amide bonds. The van der Waals surface area contributed by atoms with Gasteiger partial charge in [-0.1, -0.05) is 24.3 Å².